The normalized spacial score (nSPS) is 20.9. The van der Waals surface area contributed by atoms with Gasteiger partial charge in [-0.25, -0.2) is 4.98 Å². The van der Waals surface area contributed by atoms with Crippen molar-refractivity contribution in [1.82, 2.24) is 9.55 Å². The van der Waals surface area contributed by atoms with Crippen molar-refractivity contribution in [2.75, 3.05) is 5.75 Å². The molecule has 2 rings (SSSR count). The van der Waals surface area contributed by atoms with Gasteiger partial charge in [0.15, 0.2) is 0 Å². The van der Waals surface area contributed by atoms with E-state index in [1.807, 2.05) is 29.5 Å². The Balaban J connectivity index is 1.48. The standard InChI is InChI=1S/C11H18N2S2/c1(2-4-11-5-9-14-15-11)3-7-13-8-6-12-10-13/h6,8,10-11H,1-5,7,9H2/t11-/m1/s1. The lowest BCUT2D eigenvalue weighted by molar-refractivity contribution is 0.564. The van der Waals surface area contributed by atoms with Gasteiger partial charge in [0.25, 0.3) is 0 Å². The van der Waals surface area contributed by atoms with Crippen LogP contribution in [0, 0.1) is 0 Å². The molecule has 1 aromatic heterocycles. The minimum atomic E-state index is 0.947. The lowest BCUT2D eigenvalue weighted by atomic mass is 10.1. The Morgan fingerprint density at radius 3 is 3.07 bits per heavy atom. The van der Waals surface area contributed by atoms with E-state index in [1.54, 1.807) is 0 Å². The molecule has 2 nitrogen and oxygen atoms in total. The Bertz CT molecular complexity index is 256. The number of aryl methyl sites for hydroxylation is 1. The van der Waals surface area contributed by atoms with Crippen molar-refractivity contribution in [3.05, 3.63) is 18.7 Å². The molecule has 0 spiro atoms. The second kappa shape index (κ2) is 6.48. The van der Waals surface area contributed by atoms with Crippen LogP contribution in [0.25, 0.3) is 0 Å². The predicted octanol–water partition coefficient (Wildman–Crippen LogP) is 3.60. The first-order valence-corrected chi connectivity index (χ1v) is 8.07. The largest absolute Gasteiger partial charge is 0.337 e. The van der Waals surface area contributed by atoms with Crippen LogP contribution in [0.5, 0.6) is 0 Å². The van der Waals surface area contributed by atoms with Crippen LogP contribution in [-0.4, -0.2) is 20.6 Å². The van der Waals surface area contributed by atoms with Crippen LogP contribution in [0.4, 0.5) is 0 Å². The van der Waals surface area contributed by atoms with E-state index in [4.69, 9.17) is 0 Å². The van der Waals surface area contributed by atoms with E-state index < -0.39 is 0 Å². The Morgan fingerprint density at radius 2 is 2.33 bits per heavy atom. The number of nitrogens with zero attached hydrogens (tertiary/aromatic N) is 2. The fraction of sp³-hybridized carbons (Fsp3) is 0.727. The van der Waals surface area contributed by atoms with Crippen molar-refractivity contribution in [3.8, 4) is 0 Å². The Labute approximate surface area is 99.6 Å². The lowest BCUT2D eigenvalue weighted by Crippen LogP contribution is -1.98. The molecule has 1 saturated heterocycles. The van der Waals surface area contributed by atoms with Crippen molar-refractivity contribution in [2.45, 2.75) is 43.9 Å². The van der Waals surface area contributed by atoms with Gasteiger partial charge >= 0.3 is 0 Å². The van der Waals surface area contributed by atoms with Crippen molar-refractivity contribution in [2.24, 2.45) is 0 Å². The van der Waals surface area contributed by atoms with Crippen LogP contribution < -0.4 is 0 Å². The molecule has 0 amide bonds. The van der Waals surface area contributed by atoms with Gasteiger partial charge in [-0.05, 0) is 19.3 Å². The zero-order valence-corrected chi connectivity index (χ0v) is 10.6. The van der Waals surface area contributed by atoms with Gasteiger partial charge in [0, 0.05) is 29.9 Å². The van der Waals surface area contributed by atoms with Crippen LogP contribution >= 0.6 is 21.6 Å². The molecule has 0 bridgehead atoms. The third kappa shape index (κ3) is 4.11. The van der Waals surface area contributed by atoms with Crippen LogP contribution in [0.2, 0.25) is 0 Å². The SMILES string of the molecule is c1cn(CCCCC[C@@H]2CCSS2)cn1. The van der Waals surface area contributed by atoms with E-state index in [9.17, 15) is 0 Å². The van der Waals surface area contributed by atoms with E-state index in [0.717, 1.165) is 11.8 Å². The molecule has 4 heteroatoms. The molecule has 84 valence electrons. The predicted molar refractivity (Wildman–Crippen MR) is 69.1 cm³/mol. The number of aromatic nitrogens is 2. The fourth-order valence-corrected chi connectivity index (χ4v) is 4.85. The second-order valence-corrected chi connectivity index (χ2v) is 6.77. The maximum atomic E-state index is 4.04. The summed E-state index contributed by atoms with van der Waals surface area (Å²) in [4.78, 5) is 4.04. The van der Waals surface area contributed by atoms with Gasteiger partial charge < -0.3 is 4.57 Å². The Hall–Kier alpha value is -0.0900. The molecule has 1 aliphatic heterocycles. The van der Waals surface area contributed by atoms with Gasteiger partial charge in [0.05, 0.1) is 6.33 Å². The molecular formula is C11H18N2S2. The highest BCUT2D eigenvalue weighted by molar-refractivity contribution is 8.77. The van der Waals surface area contributed by atoms with E-state index in [1.165, 1.54) is 37.9 Å². The first-order chi connectivity index (χ1) is 7.45. The lowest BCUT2D eigenvalue weighted by Gasteiger charge is -2.06. The third-order valence-corrected chi connectivity index (χ3v) is 5.74. The average Bonchev–Trinajstić information content (AvgIpc) is 2.88. The van der Waals surface area contributed by atoms with E-state index >= 15 is 0 Å². The minimum absolute atomic E-state index is 0.947. The Kier molecular flexibility index (Phi) is 4.93. The van der Waals surface area contributed by atoms with Crippen molar-refractivity contribution < 1.29 is 0 Å². The highest BCUT2D eigenvalue weighted by Crippen LogP contribution is 2.39. The molecule has 2 heterocycles. The maximum absolute atomic E-state index is 4.04. The summed E-state index contributed by atoms with van der Waals surface area (Å²) in [5, 5.41) is 0.947. The quantitative estimate of drug-likeness (QED) is 0.561. The summed E-state index contributed by atoms with van der Waals surface area (Å²) in [6, 6.07) is 0. The van der Waals surface area contributed by atoms with Gasteiger partial charge in [0.1, 0.15) is 0 Å². The van der Waals surface area contributed by atoms with Crippen molar-refractivity contribution in [3.63, 3.8) is 0 Å². The zero-order valence-electron chi connectivity index (χ0n) is 8.97. The number of unbranched alkanes of at least 4 members (excludes halogenated alkanes) is 2. The third-order valence-electron chi connectivity index (χ3n) is 2.73. The van der Waals surface area contributed by atoms with Crippen LogP contribution in [0.1, 0.15) is 32.1 Å². The summed E-state index contributed by atoms with van der Waals surface area (Å²) in [7, 11) is 4.15. The number of rotatable bonds is 6. The van der Waals surface area contributed by atoms with Crippen molar-refractivity contribution in [1.29, 1.82) is 0 Å². The van der Waals surface area contributed by atoms with Crippen LogP contribution in [-0.2, 0) is 6.54 Å². The summed E-state index contributed by atoms with van der Waals surface area (Å²) in [6.07, 6.45) is 12.7. The molecule has 0 radical (unpaired) electrons. The second-order valence-electron chi connectivity index (χ2n) is 3.98. The number of imidazole rings is 1. The molecule has 0 saturated carbocycles. The summed E-state index contributed by atoms with van der Waals surface area (Å²) in [6.45, 7) is 1.13. The molecule has 0 aromatic carbocycles. The molecule has 1 atom stereocenters. The van der Waals surface area contributed by atoms with Gasteiger partial charge in [-0.3, -0.25) is 0 Å². The molecule has 1 fully saturated rings. The van der Waals surface area contributed by atoms with E-state index in [0.29, 0.717) is 0 Å². The van der Waals surface area contributed by atoms with Gasteiger partial charge in [-0.2, -0.15) is 0 Å². The van der Waals surface area contributed by atoms with E-state index in [-0.39, 0.29) is 0 Å². The number of hydrogen-bond donors (Lipinski definition) is 0. The summed E-state index contributed by atoms with van der Waals surface area (Å²) < 4.78 is 2.17. The molecule has 0 N–H and O–H groups in total. The fourth-order valence-electron chi connectivity index (χ4n) is 1.83. The first-order valence-electron chi connectivity index (χ1n) is 5.69. The molecule has 15 heavy (non-hydrogen) atoms. The highest BCUT2D eigenvalue weighted by Gasteiger charge is 2.15. The Morgan fingerprint density at radius 1 is 1.33 bits per heavy atom. The molecule has 0 aliphatic carbocycles. The summed E-state index contributed by atoms with van der Waals surface area (Å²) in [5.74, 6) is 1.37. The summed E-state index contributed by atoms with van der Waals surface area (Å²) in [5.41, 5.74) is 0. The van der Waals surface area contributed by atoms with Gasteiger partial charge in [-0.1, -0.05) is 34.4 Å². The monoisotopic (exact) mass is 242 g/mol. The molecule has 1 aromatic rings. The average molecular weight is 242 g/mol. The zero-order chi connectivity index (χ0) is 10.3. The van der Waals surface area contributed by atoms with Gasteiger partial charge in [0.2, 0.25) is 0 Å². The molecular weight excluding hydrogens is 224 g/mol. The van der Waals surface area contributed by atoms with Gasteiger partial charge in [-0.15, -0.1) is 0 Å². The number of hydrogen-bond acceptors (Lipinski definition) is 3. The van der Waals surface area contributed by atoms with Crippen LogP contribution in [0.15, 0.2) is 18.7 Å². The first kappa shape index (κ1) is 11.4. The smallest absolute Gasteiger partial charge is 0.0945 e. The highest BCUT2D eigenvalue weighted by atomic mass is 33.1. The van der Waals surface area contributed by atoms with Crippen LogP contribution in [0.3, 0.4) is 0 Å². The summed E-state index contributed by atoms with van der Waals surface area (Å²) >= 11 is 0. The molecule has 1 aliphatic rings. The molecule has 0 unspecified atom stereocenters. The van der Waals surface area contributed by atoms with E-state index in [2.05, 4.69) is 20.3 Å². The van der Waals surface area contributed by atoms with Crippen molar-refractivity contribution >= 4 is 21.6 Å². The maximum Gasteiger partial charge on any atom is 0.0945 e. The minimum Gasteiger partial charge on any atom is -0.337 e. The topological polar surface area (TPSA) is 17.8 Å².